The van der Waals surface area contributed by atoms with Crippen LogP contribution >= 0.6 is 0 Å². The lowest BCUT2D eigenvalue weighted by molar-refractivity contribution is 0.0955. The molecule has 5 nitrogen and oxygen atoms in total. The van der Waals surface area contributed by atoms with E-state index in [9.17, 15) is 9.90 Å². The Kier molecular flexibility index (Phi) is 6.44. The molecular weight excluding hydrogens is 386 g/mol. The molecule has 0 saturated carbocycles. The fourth-order valence-electron chi connectivity index (χ4n) is 3.90. The molecule has 1 heterocycles. The van der Waals surface area contributed by atoms with Crippen LogP contribution in [0.4, 0.5) is 5.69 Å². The second-order valence-corrected chi connectivity index (χ2v) is 10.4. The quantitative estimate of drug-likeness (QED) is 0.516. The number of rotatable bonds is 4. The molecule has 2 N–H and O–H groups in total. The standard InChI is InChI=1S/C26H35N3O2/c1-25(2,3)21-15-18(16-22(23(21)30)26(4,5)6)17-27-28-24(31)19-9-11-20(12-10-19)29-13-7-8-14-29/h9-12,15-17,30H,7-8,13-14H2,1-6H3,(H,28,31)/b27-17-. The fourth-order valence-corrected chi connectivity index (χ4v) is 3.90. The van der Waals surface area contributed by atoms with Crippen LogP contribution in [0.15, 0.2) is 41.5 Å². The summed E-state index contributed by atoms with van der Waals surface area (Å²) < 4.78 is 0. The highest BCUT2D eigenvalue weighted by molar-refractivity contribution is 5.95. The number of anilines is 1. The van der Waals surface area contributed by atoms with E-state index in [0.29, 0.717) is 11.3 Å². The van der Waals surface area contributed by atoms with E-state index in [1.54, 1.807) is 6.21 Å². The predicted molar refractivity (Wildman–Crippen MR) is 128 cm³/mol. The van der Waals surface area contributed by atoms with Crippen molar-refractivity contribution in [3.63, 3.8) is 0 Å². The first kappa shape index (κ1) is 22.9. The number of phenols is 1. The molecule has 0 atom stereocenters. The molecule has 1 aliphatic heterocycles. The maximum atomic E-state index is 12.5. The van der Waals surface area contributed by atoms with E-state index in [0.717, 1.165) is 35.5 Å². The number of carbonyl (C=O) groups is 1. The van der Waals surface area contributed by atoms with Crippen LogP contribution < -0.4 is 10.3 Å². The summed E-state index contributed by atoms with van der Waals surface area (Å²) in [7, 11) is 0. The molecule has 1 fully saturated rings. The van der Waals surface area contributed by atoms with Crippen molar-refractivity contribution < 1.29 is 9.90 Å². The molecule has 166 valence electrons. The van der Waals surface area contributed by atoms with Gasteiger partial charge in [-0.1, -0.05) is 41.5 Å². The smallest absolute Gasteiger partial charge is 0.271 e. The maximum Gasteiger partial charge on any atom is 0.271 e. The molecule has 0 radical (unpaired) electrons. The Bertz CT molecular complexity index is 923. The van der Waals surface area contributed by atoms with E-state index in [1.165, 1.54) is 12.8 Å². The number of hydrogen-bond acceptors (Lipinski definition) is 4. The number of hydrogen-bond donors (Lipinski definition) is 2. The Morgan fingerprint density at radius 3 is 1.97 bits per heavy atom. The molecular formula is C26H35N3O2. The minimum absolute atomic E-state index is 0.214. The molecule has 1 aliphatic rings. The van der Waals surface area contributed by atoms with Gasteiger partial charge in [0.1, 0.15) is 5.75 Å². The first-order chi connectivity index (χ1) is 14.5. The molecule has 1 amide bonds. The monoisotopic (exact) mass is 421 g/mol. The number of nitrogens with one attached hydrogen (secondary N) is 1. The first-order valence-corrected chi connectivity index (χ1v) is 11.0. The van der Waals surface area contributed by atoms with Crippen LogP contribution in [0.25, 0.3) is 0 Å². The lowest BCUT2D eigenvalue weighted by Crippen LogP contribution is -2.20. The molecule has 0 aromatic heterocycles. The van der Waals surface area contributed by atoms with Gasteiger partial charge in [-0.05, 0) is 65.6 Å². The van der Waals surface area contributed by atoms with Crippen molar-refractivity contribution >= 4 is 17.8 Å². The number of hydrazone groups is 1. The number of carbonyl (C=O) groups excluding carboxylic acids is 1. The Labute approximate surface area is 186 Å². The van der Waals surface area contributed by atoms with Crippen molar-refractivity contribution in [2.24, 2.45) is 5.10 Å². The third kappa shape index (κ3) is 5.46. The Hall–Kier alpha value is -2.82. The van der Waals surface area contributed by atoms with Crippen molar-refractivity contribution in [3.8, 4) is 5.75 Å². The largest absolute Gasteiger partial charge is 0.507 e. The zero-order valence-corrected chi connectivity index (χ0v) is 19.6. The van der Waals surface area contributed by atoms with Crippen molar-refractivity contribution in [3.05, 3.63) is 58.7 Å². The number of nitrogens with zero attached hydrogens (tertiary/aromatic N) is 2. The van der Waals surface area contributed by atoms with E-state index >= 15 is 0 Å². The number of amides is 1. The average molecular weight is 422 g/mol. The Morgan fingerprint density at radius 2 is 1.48 bits per heavy atom. The van der Waals surface area contributed by atoms with Gasteiger partial charge in [0.2, 0.25) is 0 Å². The van der Waals surface area contributed by atoms with Gasteiger partial charge in [0, 0.05) is 35.5 Å². The van der Waals surface area contributed by atoms with Crippen LogP contribution in [0.1, 0.15) is 81.4 Å². The summed E-state index contributed by atoms with van der Waals surface area (Å²) in [4.78, 5) is 14.8. The average Bonchev–Trinajstić information content (AvgIpc) is 3.22. The summed E-state index contributed by atoms with van der Waals surface area (Å²) in [6.07, 6.45) is 4.09. The van der Waals surface area contributed by atoms with Crippen molar-refractivity contribution in [1.82, 2.24) is 5.43 Å². The summed E-state index contributed by atoms with van der Waals surface area (Å²) in [5.74, 6) is 0.0920. The molecule has 31 heavy (non-hydrogen) atoms. The minimum atomic E-state index is -0.241. The zero-order chi connectivity index (χ0) is 22.8. The SMILES string of the molecule is CC(C)(C)c1cc(/C=N\NC(=O)c2ccc(N3CCCC3)cc2)cc(C(C)(C)C)c1O. The van der Waals surface area contributed by atoms with Crippen molar-refractivity contribution in [2.45, 2.75) is 65.2 Å². The van der Waals surface area contributed by atoms with E-state index in [1.807, 2.05) is 36.4 Å². The second-order valence-electron chi connectivity index (χ2n) is 10.4. The predicted octanol–water partition coefficient (Wildman–Crippen LogP) is 5.35. The van der Waals surface area contributed by atoms with Crippen molar-refractivity contribution in [2.75, 3.05) is 18.0 Å². The lowest BCUT2D eigenvalue weighted by atomic mass is 9.78. The summed E-state index contributed by atoms with van der Waals surface area (Å²) >= 11 is 0. The molecule has 0 bridgehead atoms. The van der Waals surface area contributed by atoms with E-state index in [4.69, 9.17) is 0 Å². The van der Waals surface area contributed by atoms with Gasteiger partial charge in [-0.25, -0.2) is 5.43 Å². The zero-order valence-electron chi connectivity index (χ0n) is 19.6. The van der Waals surface area contributed by atoms with Crippen LogP contribution in [0.3, 0.4) is 0 Å². The molecule has 0 spiro atoms. The molecule has 0 unspecified atom stereocenters. The third-order valence-electron chi connectivity index (χ3n) is 5.73. The number of benzene rings is 2. The molecule has 1 saturated heterocycles. The van der Waals surface area contributed by atoms with E-state index in [2.05, 4.69) is 57.0 Å². The Morgan fingerprint density at radius 1 is 0.968 bits per heavy atom. The molecule has 5 heteroatoms. The van der Waals surface area contributed by atoms with Crippen LogP contribution in [0.2, 0.25) is 0 Å². The normalized spacial score (nSPS) is 15.0. The summed E-state index contributed by atoms with van der Waals surface area (Å²) in [6, 6.07) is 11.5. The minimum Gasteiger partial charge on any atom is -0.507 e. The van der Waals surface area contributed by atoms with Crippen LogP contribution in [0.5, 0.6) is 5.75 Å². The van der Waals surface area contributed by atoms with Crippen LogP contribution in [0, 0.1) is 0 Å². The summed E-state index contributed by atoms with van der Waals surface area (Å²) in [5.41, 5.74) is 6.51. The highest BCUT2D eigenvalue weighted by Crippen LogP contribution is 2.39. The van der Waals surface area contributed by atoms with Gasteiger partial charge in [-0.3, -0.25) is 4.79 Å². The van der Waals surface area contributed by atoms with Gasteiger partial charge in [0.25, 0.3) is 5.91 Å². The molecule has 2 aromatic rings. The van der Waals surface area contributed by atoms with Crippen molar-refractivity contribution in [1.29, 1.82) is 0 Å². The molecule has 0 aliphatic carbocycles. The summed E-state index contributed by atoms with van der Waals surface area (Å²) in [5, 5.41) is 15.0. The van der Waals surface area contributed by atoms with Gasteiger partial charge >= 0.3 is 0 Å². The molecule has 2 aromatic carbocycles. The van der Waals surface area contributed by atoms with Gasteiger partial charge in [-0.15, -0.1) is 0 Å². The highest BCUT2D eigenvalue weighted by Gasteiger charge is 2.26. The second kappa shape index (κ2) is 8.74. The maximum absolute atomic E-state index is 12.5. The topological polar surface area (TPSA) is 64.9 Å². The first-order valence-electron chi connectivity index (χ1n) is 11.0. The summed E-state index contributed by atoms with van der Waals surface area (Å²) in [6.45, 7) is 14.6. The van der Waals surface area contributed by atoms with Gasteiger partial charge in [0.05, 0.1) is 6.21 Å². The molecule has 3 rings (SSSR count). The van der Waals surface area contributed by atoms with Gasteiger partial charge in [-0.2, -0.15) is 5.10 Å². The van der Waals surface area contributed by atoms with E-state index in [-0.39, 0.29) is 16.7 Å². The van der Waals surface area contributed by atoms with Crippen LogP contribution in [-0.2, 0) is 10.8 Å². The number of aromatic hydroxyl groups is 1. The van der Waals surface area contributed by atoms with E-state index < -0.39 is 0 Å². The highest BCUT2D eigenvalue weighted by atomic mass is 16.3. The van der Waals surface area contributed by atoms with Gasteiger partial charge < -0.3 is 10.0 Å². The van der Waals surface area contributed by atoms with Gasteiger partial charge in [0.15, 0.2) is 0 Å². The number of phenolic OH excluding ortho intramolecular Hbond substituents is 1. The lowest BCUT2D eigenvalue weighted by Gasteiger charge is -2.27. The Balaban J connectivity index is 1.76. The fraction of sp³-hybridized carbons (Fsp3) is 0.462. The third-order valence-corrected chi connectivity index (χ3v) is 5.73. The van der Waals surface area contributed by atoms with Crippen LogP contribution in [-0.4, -0.2) is 30.3 Å².